The predicted octanol–water partition coefficient (Wildman–Crippen LogP) is 7.07. The smallest absolute Gasteiger partial charge is 0.335 e. The van der Waals surface area contributed by atoms with Crippen molar-refractivity contribution in [2.24, 2.45) is 0 Å². The fourth-order valence-corrected chi connectivity index (χ4v) is 5.79. The number of aromatic carboxylic acids is 1. The van der Waals surface area contributed by atoms with Gasteiger partial charge in [0, 0.05) is 5.75 Å². The lowest BCUT2D eigenvalue weighted by Gasteiger charge is -2.23. The summed E-state index contributed by atoms with van der Waals surface area (Å²) in [5, 5.41) is 28.3. The molecule has 0 aromatic heterocycles. The molecule has 3 rings (SSSR count). The monoisotopic (exact) mass is 538 g/mol. The largest absolute Gasteiger partial charge is 0.479 e. The van der Waals surface area contributed by atoms with Gasteiger partial charge < -0.3 is 15.3 Å². The van der Waals surface area contributed by atoms with Crippen LogP contribution in [0.1, 0.15) is 76.4 Å². The third kappa shape index (κ3) is 8.99. The molecule has 38 heavy (non-hydrogen) atoms. The molecule has 3 N–H and O–H groups in total. The number of unbranched alkanes of at least 4 members (excludes halogenated alkanes) is 5. The molecule has 0 aliphatic carbocycles. The Bertz CT molecular complexity index is 1180. The molecular formula is C31H35FO5S. The zero-order valence-electron chi connectivity index (χ0n) is 21.4. The van der Waals surface area contributed by atoms with E-state index in [0.717, 1.165) is 61.1 Å². The maximum absolute atomic E-state index is 14.4. The molecule has 3 aromatic carbocycles. The molecule has 0 heterocycles. The van der Waals surface area contributed by atoms with Crippen molar-refractivity contribution in [3.63, 3.8) is 0 Å². The Balaban J connectivity index is 1.55. The number of aryl methyl sites for hydroxylation is 2. The lowest BCUT2D eigenvalue weighted by Crippen LogP contribution is -2.26. The van der Waals surface area contributed by atoms with Crippen molar-refractivity contribution in [1.29, 1.82) is 0 Å². The van der Waals surface area contributed by atoms with Gasteiger partial charge in [-0.1, -0.05) is 86.3 Å². The van der Waals surface area contributed by atoms with Crippen LogP contribution in [0.15, 0.2) is 72.8 Å². The zero-order valence-corrected chi connectivity index (χ0v) is 22.2. The van der Waals surface area contributed by atoms with E-state index >= 15 is 0 Å². The quantitative estimate of drug-likeness (QED) is 0.169. The van der Waals surface area contributed by atoms with Gasteiger partial charge >= 0.3 is 11.9 Å². The second-order valence-electron chi connectivity index (χ2n) is 9.43. The molecule has 0 radical (unpaired) electrons. The molecule has 0 fully saturated rings. The Morgan fingerprint density at radius 3 is 2.05 bits per heavy atom. The summed E-state index contributed by atoms with van der Waals surface area (Å²) in [7, 11) is 0. The Labute approximate surface area is 227 Å². The summed E-state index contributed by atoms with van der Waals surface area (Å²) in [4.78, 5) is 22.8. The average Bonchev–Trinajstić information content (AvgIpc) is 2.92. The van der Waals surface area contributed by atoms with Crippen LogP contribution >= 0.6 is 11.8 Å². The van der Waals surface area contributed by atoms with Gasteiger partial charge in [0.1, 0.15) is 5.82 Å². The highest BCUT2D eigenvalue weighted by atomic mass is 32.2. The van der Waals surface area contributed by atoms with Gasteiger partial charge in [-0.15, -0.1) is 11.8 Å². The number of hydrogen-bond donors (Lipinski definition) is 3. The van der Waals surface area contributed by atoms with E-state index in [1.165, 1.54) is 37.0 Å². The summed E-state index contributed by atoms with van der Waals surface area (Å²) < 4.78 is 14.4. The minimum Gasteiger partial charge on any atom is -0.479 e. The molecule has 7 heteroatoms. The Morgan fingerprint density at radius 2 is 1.39 bits per heavy atom. The Kier molecular flexibility index (Phi) is 11.8. The number of aliphatic hydroxyl groups excluding tert-OH is 1. The van der Waals surface area contributed by atoms with E-state index < -0.39 is 29.1 Å². The van der Waals surface area contributed by atoms with Gasteiger partial charge in [0.15, 0.2) is 6.10 Å². The van der Waals surface area contributed by atoms with Gasteiger partial charge in [-0.25, -0.2) is 14.0 Å². The van der Waals surface area contributed by atoms with Crippen LogP contribution in [-0.4, -0.2) is 33.4 Å². The van der Waals surface area contributed by atoms with Crippen molar-refractivity contribution in [3.05, 3.63) is 106 Å². The first-order chi connectivity index (χ1) is 18.4. The number of halogens is 1. The van der Waals surface area contributed by atoms with Gasteiger partial charge in [0.25, 0.3) is 0 Å². The van der Waals surface area contributed by atoms with E-state index in [1.54, 1.807) is 0 Å². The SMILES string of the molecule is O=C(O)c1ccc(CS[C@H](c2ccccc2CCCCCCCCc2ccccc2)[C@@H](O)C(=O)O)c(F)c1. The fraction of sp³-hybridized carbons (Fsp3) is 0.355. The molecule has 0 saturated carbocycles. The van der Waals surface area contributed by atoms with E-state index in [4.69, 9.17) is 5.11 Å². The Morgan fingerprint density at radius 1 is 0.763 bits per heavy atom. The molecule has 0 bridgehead atoms. The Hall–Kier alpha value is -3.16. The first-order valence-corrected chi connectivity index (χ1v) is 14.1. The lowest BCUT2D eigenvalue weighted by atomic mass is 9.96. The first kappa shape index (κ1) is 29.4. The molecule has 0 saturated heterocycles. The third-order valence-corrected chi connectivity index (χ3v) is 7.97. The molecule has 0 aliphatic rings. The molecule has 5 nitrogen and oxygen atoms in total. The molecule has 3 aromatic rings. The van der Waals surface area contributed by atoms with E-state index in [0.29, 0.717) is 0 Å². The summed E-state index contributed by atoms with van der Waals surface area (Å²) in [6.07, 6.45) is 6.93. The summed E-state index contributed by atoms with van der Waals surface area (Å²) >= 11 is 1.14. The molecule has 0 aliphatic heterocycles. The number of carboxylic acid groups (broad SMARTS) is 2. The van der Waals surface area contributed by atoms with Gasteiger partial charge in [0.2, 0.25) is 0 Å². The number of hydrogen-bond acceptors (Lipinski definition) is 4. The normalized spacial score (nSPS) is 12.7. The molecule has 0 amide bonds. The molecule has 0 unspecified atom stereocenters. The summed E-state index contributed by atoms with van der Waals surface area (Å²) in [5.41, 5.74) is 3.20. The molecule has 202 valence electrons. The van der Waals surface area contributed by atoms with Crippen molar-refractivity contribution >= 4 is 23.7 Å². The lowest BCUT2D eigenvalue weighted by molar-refractivity contribution is -0.146. The highest BCUT2D eigenvalue weighted by Crippen LogP contribution is 2.37. The standard InChI is InChI=1S/C31H35FO5S/c32-27-20-24(30(34)35)18-19-25(27)21-38-29(28(33)31(36)37)26-17-11-10-16-23(26)15-9-4-2-1-3-6-12-22-13-7-5-8-14-22/h5,7-8,10-11,13-14,16-20,28-29,33H,1-4,6,9,12,15,21H2,(H,34,35)(H,36,37)/t28-,29-/m1/s1. The fourth-order valence-electron chi connectivity index (χ4n) is 4.49. The van der Waals surface area contributed by atoms with Gasteiger partial charge in [-0.2, -0.15) is 0 Å². The maximum Gasteiger partial charge on any atom is 0.335 e. The van der Waals surface area contributed by atoms with Crippen molar-refractivity contribution in [3.8, 4) is 0 Å². The third-order valence-electron chi connectivity index (χ3n) is 6.62. The topological polar surface area (TPSA) is 94.8 Å². The van der Waals surface area contributed by atoms with E-state index in [2.05, 4.69) is 24.3 Å². The molecule has 2 atom stereocenters. The van der Waals surface area contributed by atoms with Crippen LogP contribution < -0.4 is 0 Å². The van der Waals surface area contributed by atoms with Crippen molar-refractivity contribution in [1.82, 2.24) is 0 Å². The number of benzene rings is 3. The number of carbonyl (C=O) groups is 2. The number of rotatable bonds is 16. The second kappa shape index (κ2) is 15.3. The van der Waals surface area contributed by atoms with Crippen molar-refractivity contribution in [2.45, 2.75) is 68.5 Å². The second-order valence-corrected chi connectivity index (χ2v) is 10.6. The number of aliphatic hydroxyl groups is 1. The number of thioether (sulfide) groups is 1. The van der Waals surface area contributed by atoms with E-state index in [-0.39, 0.29) is 16.9 Å². The van der Waals surface area contributed by atoms with Crippen LogP contribution in [0.2, 0.25) is 0 Å². The molecular weight excluding hydrogens is 503 g/mol. The van der Waals surface area contributed by atoms with Crippen LogP contribution in [0.3, 0.4) is 0 Å². The van der Waals surface area contributed by atoms with E-state index in [1.807, 2.05) is 30.3 Å². The van der Waals surface area contributed by atoms with Crippen LogP contribution in [0.4, 0.5) is 4.39 Å². The summed E-state index contributed by atoms with van der Waals surface area (Å²) in [6.45, 7) is 0. The first-order valence-electron chi connectivity index (χ1n) is 13.0. The van der Waals surface area contributed by atoms with Gasteiger partial charge in [-0.3, -0.25) is 0 Å². The molecule has 0 spiro atoms. The highest BCUT2D eigenvalue weighted by molar-refractivity contribution is 7.98. The van der Waals surface area contributed by atoms with Crippen LogP contribution in [0, 0.1) is 5.82 Å². The van der Waals surface area contributed by atoms with Gasteiger partial charge in [-0.05, 0) is 60.1 Å². The highest BCUT2D eigenvalue weighted by Gasteiger charge is 2.29. The van der Waals surface area contributed by atoms with Crippen LogP contribution in [-0.2, 0) is 23.4 Å². The maximum atomic E-state index is 14.4. The minimum atomic E-state index is -1.66. The van der Waals surface area contributed by atoms with Crippen LogP contribution in [0.25, 0.3) is 0 Å². The van der Waals surface area contributed by atoms with Crippen molar-refractivity contribution < 1.29 is 29.3 Å². The average molecular weight is 539 g/mol. The minimum absolute atomic E-state index is 0.0953. The number of aliphatic carboxylic acids is 1. The predicted molar refractivity (Wildman–Crippen MR) is 149 cm³/mol. The summed E-state index contributed by atoms with van der Waals surface area (Å²) in [6, 6.07) is 21.7. The number of carboxylic acids is 2. The zero-order chi connectivity index (χ0) is 27.3. The summed E-state index contributed by atoms with van der Waals surface area (Å²) in [5.74, 6) is -3.13. The van der Waals surface area contributed by atoms with Crippen LogP contribution in [0.5, 0.6) is 0 Å². The van der Waals surface area contributed by atoms with Crippen molar-refractivity contribution in [2.75, 3.05) is 0 Å². The van der Waals surface area contributed by atoms with E-state index in [9.17, 15) is 24.2 Å². The van der Waals surface area contributed by atoms with Gasteiger partial charge in [0.05, 0.1) is 10.8 Å².